The Labute approximate surface area is 191 Å². The van der Waals surface area contributed by atoms with Crippen molar-refractivity contribution in [2.75, 3.05) is 18.8 Å². The van der Waals surface area contributed by atoms with Crippen molar-refractivity contribution in [1.82, 2.24) is 29.4 Å². The number of nitrogens with two attached hydrogens (primary N) is 1. The van der Waals surface area contributed by atoms with Crippen LogP contribution in [0, 0.1) is 11.2 Å². The van der Waals surface area contributed by atoms with Gasteiger partial charge in [-0.15, -0.1) is 0 Å². The molecule has 0 atom stereocenters. The summed E-state index contributed by atoms with van der Waals surface area (Å²) >= 11 is 0. The molecule has 0 aromatic carbocycles. The van der Waals surface area contributed by atoms with Gasteiger partial charge in [0, 0.05) is 26.3 Å². The van der Waals surface area contributed by atoms with Crippen LogP contribution in [0.4, 0.5) is 10.2 Å². The summed E-state index contributed by atoms with van der Waals surface area (Å²) in [5, 5.41) is 0.693. The molecule has 2 aliphatic rings. The molecule has 1 saturated heterocycles. The van der Waals surface area contributed by atoms with E-state index in [1.165, 1.54) is 24.3 Å². The molecule has 33 heavy (non-hydrogen) atoms. The zero-order valence-corrected chi connectivity index (χ0v) is 18.5. The predicted octanol–water partition coefficient (Wildman–Crippen LogP) is 3.51. The lowest BCUT2D eigenvalue weighted by Gasteiger charge is -2.43. The number of carbonyl (C=O) groups is 1. The lowest BCUT2D eigenvalue weighted by Crippen LogP contribution is -2.38. The molecule has 3 aromatic heterocycles. The van der Waals surface area contributed by atoms with Gasteiger partial charge in [-0.05, 0) is 49.2 Å². The number of fused-ring (bicyclic) bond motifs is 1. The molecule has 5 rings (SSSR count). The molecule has 1 fully saturated rings. The highest BCUT2D eigenvalue weighted by atomic mass is 19.1. The minimum Gasteiger partial charge on any atom is -0.383 e. The second-order valence-corrected chi connectivity index (χ2v) is 8.91. The van der Waals surface area contributed by atoms with Crippen molar-refractivity contribution in [2.45, 2.75) is 32.1 Å². The molecule has 3 aromatic rings. The highest BCUT2D eigenvalue weighted by molar-refractivity contribution is 6.04. The van der Waals surface area contributed by atoms with E-state index >= 15 is 0 Å². The summed E-state index contributed by atoms with van der Waals surface area (Å²) in [6.07, 6.45) is 15.6. The number of nitrogen functional groups attached to an aromatic ring is 1. The number of likely N-dealkylation sites (tertiary alicyclic amines) is 1. The van der Waals surface area contributed by atoms with Gasteiger partial charge >= 0.3 is 0 Å². The van der Waals surface area contributed by atoms with Crippen molar-refractivity contribution in [3.05, 3.63) is 48.6 Å². The fraction of sp³-hybridized carbons (Fsp3) is 0.375. The van der Waals surface area contributed by atoms with Crippen LogP contribution in [-0.2, 0) is 11.8 Å². The van der Waals surface area contributed by atoms with Crippen molar-refractivity contribution < 1.29 is 9.18 Å². The van der Waals surface area contributed by atoms with Gasteiger partial charge in [-0.3, -0.25) is 4.79 Å². The van der Waals surface area contributed by atoms with E-state index in [0.29, 0.717) is 22.7 Å². The molecule has 1 spiro atoms. The topological polar surface area (TPSA) is 103 Å². The number of hydrogen-bond donors (Lipinski definition) is 1. The van der Waals surface area contributed by atoms with Gasteiger partial charge in [0.2, 0.25) is 0 Å². The van der Waals surface area contributed by atoms with Crippen molar-refractivity contribution in [2.24, 2.45) is 12.5 Å². The zero-order chi connectivity index (χ0) is 23.0. The van der Waals surface area contributed by atoms with Crippen LogP contribution in [0.1, 0.15) is 37.8 Å². The fourth-order valence-corrected chi connectivity index (χ4v) is 5.23. The molecule has 1 aliphatic heterocycles. The van der Waals surface area contributed by atoms with Crippen molar-refractivity contribution in [3.8, 4) is 11.4 Å². The predicted molar refractivity (Wildman–Crippen MR) is 124 cm³/mol. The Morgan fingerprint density at radius 2 is 1.88 bits per heavy atom. The summed E-state index contributed by atoms with van der Waals surface area (Å²) in [5.41, 5.74) is 10.2. The number of aryl methyl sites for hydroxylation is 1. The summed E-state index contributed by atoms with van der Waals surface area (Å²) in [6, 6.07) is 0. The molecule has 0 bridgehead atoms. The third-order valence-corrected chi connectivity index (χ3v) is 7.08. The maximum Gasteiger partial charge on any atom is 0.162 e. The number of nitrogens with zero attached hydrogens (tertiary/aromatic N) is 6. The minimum atomic E-state index is -0.488. The number of piperidine rings is 1. The van der Waals surface area contributed by atoms with E-state index in [9.17, 15) is 9.18 Å². The van der Waals surface area contributed by atoms with Gasteiger partial charge in [-0.2, -0.15) is 0 Å². The van der Waals surface area contributed by atoms with E-state index in [4.69, 9.17) is 5.73 Å². The van der Waals surface area contributed by atoms with Crippen LogP contribution in [0.25, 0.3) is 28.0 Å². The highest BCUT2D eigenvalue weighted by Gasteiger charge is 2.36. The van der Waals surface area contributed by atoms with Gasteiger partial charge in [0.25, 0.3) is 0 Å². The SMILES string of the molecule is Cn1c(C2=CCC3(CC2)CCN(C=CC=O)CC3)c(-c2ncc(F)cn2)c2c(N)ncnc21. The standard InChI is InChI=1S/C24H26FN7O/c1-31-20(16-3-5-24(6-4-16)7-10-32(11-8-24)9-2-12-33)18(22-27-13-17(25)14-28-22)19-21(26)29-15-30-23(19)31/h2-3,9,12-15H,4-8,10-11H2,1H3,(H2,26,29,30). The smallest absolute Gasteiger partial charge is 0.162 e. The molecule has 4 heterocycles. The van der Waals surface area contributed by atoms with Gasteiger partial charge in [-0.1, -0.05) is 6.08 Å². The molecule has 0 saturated carbocycles. The van der Waals surface area contributed by atoms with E-state index in [2.05, 4.69) is 30.9 Å². The summed E-state index contributed by atoms with van der Waals surface area (Å²) in [4.78, 5) is 30.0. The molecule has 9 heteroatoms. The quantitative estimate of drug-likeness (QED) is 0.482. The summed E-state index contributed by atoms with van der Waals surface area (Å²) in [6.45, 7) is 1.92. The van der Waals surface area contributed by atoms with Crippen LogP contribution < -0.4 is 5.73 Å². The molecule has 8 nitrogen and oxygen atoms in total. The number of carbonyl (C=O) groups excluding carboxylic acids is 1. The number of rotatable bonds is 4. The fourth-order valence-electron chi connectivity index (χ4n) is 5.23. The molecular formula is C24H26FN7O. The van der Waals surface area contributed by atoms with Crippen molar-refractivity contribution in [3.63, 3.8) is 0 Å². The first kappa shape index (κ1) is 21.2. The summed E-state index contributed by atoms with van der Waals surface area (Å²) in [5.74, 6) is 0.279. The van der Waals surface area contributed by atoms with E-state index < -0.39 is 5.82 Å². The molecule has 0 unspecified atom stereocenters. The van der Waals surface area contributed by atoms with Gasteiger partial charge in [0.15, 0.2) is 11.6 Å². The average molecular weight is 448 g/mol. The second-order valence-electron chi connectivity index (χ2n) is 8.91. The van der Waals surface area contributed by atoms with Crippen LogP contribution in [-0.4, -0.2) is 48.8 Å². The second kappa shape index (κ2) is 8.38. The third-order valence-electron chi connectivity index (χ3n) is 7.08. The maximum absolute atomic E-state index is 13.5. The van der Waals surface area contributed by atoms with Crippen LogP contribution in [0.5, 0.6) is 0 Å². The Hall–Kier alpha value is -3.62. The Balaban J connectivity index is 1.52. The van der Waals surface area contributed by atoms with Crippen molar-refractivity contribution >= 4 is 28.7 Å². The first-order chi connectivity index (χ1) is 16.0. The van der Waals surface area contributed by atoms with Gasteiger partial charge < -0.3 is 15.2 Å². The molecule has 1 aliphatic carbocycles. The van der Waals surface area contributed by atoms with E-state index in [0.717, 1.165) is 62.7 Å². The normalized spacial score (nSPS) is 18.2. The van der Waals surface area contributed by atoms with Gasteiger partial charge in [0.05, 0.1) is 29.0 Å². The Kier molecular flexibility index (Phi) is 5.39. The number of allylic oxidation sites excluding steroid dienone is 3. The number of halogens is 1. The van der Waals surface area contributed by atoms with E-state index in [1.807, 2.05) is 17.8 Å². The molecular weight excluding hydrogens is 421 g/mol. The number of hydrogen-bond acceptors (Lipinski definition) is 7. The molecule has 0 radical (unpaired) electrons. The number of aromatic nitrogens is 5. The first-order valence-corrected chi connectivity index (χ1v) is 11.1. The van der Waals surface area contributed by atoms with Crippen LogP contribution >= 0.6 is 0 Å². The lowest BCUT2D eigenvalue weighted by molar-refractivity contribution is -0.104. The number of aldehydes is 1. The van der Waals surface area contributed by atoms with E-state index in [-0.39, 0.29) is 5.41 Å². The first-order valence-electron chi connectivity index (χ1n) is 11.1. The summed E-state index contributed by atoms with van der Waals surface area (Å²) < 4.78 is 15.6. The minimum absolute atomic E-state index is 0.283. The van der Waals surface area contributed by atoms with Gasteiger partial charge in [-0.25, -0.2) is 24.3 Å². The highest BCUT2D eigenvalue weighted by Crippen LogP contribution is 2.48. The summed E-state index contributed by atoms with van der Waals surface area (Å²) in [7, 11) is 1.96. The monoisotopic (exact) mass is 447 g/mol. The average Bonchev–Trinajstić information content (AvgIpc) is 3.13. The molecule has 0 amide bonds. The Bertz CT molecular complexity index is 1250. The van der Waals surface area contributed by atoms with E-state index in [1.54, 1.807) is 6.08 Å². The largest absolute Gasteiger partial charge is 0.383 e. The molecule has 170 valence electrons. The van der Waals surface area contributed by atoms with Crippen LogP contribution in [0.15, 0.2) is 37.1 Å². The molecule has 2 N–H and O–H groups in total. The Morgan fingerprint density at radius 3 is 2.55 bits per heavy atom. The van der Waals surface area contributed by atoms with Crippen molar-refractivity contribution in [1.29, 1.82) is 0 Å². The zero-order valence-electron chi connectivity index (χ0n) is 18.5. The third kappa shape index (κ3) is 3.77. The number of anilines is 1. The Morgan fingerprint density at radius 1 is 1.12 bits per heavy atom. The maximum atomic E-state index is 13.5. The van der Waals surface area contributed by atoms with Crippen LogP contribution in [0.2, 0.25) is 0 Å². The lowest BCUT2D eigenvalue weighted by atomic mass is 9.68. The van der Waals surface area contributed by atoms with Crippen LogP contribution in [0.3, 0.4) is 0 Å². The van der Waals surface area contributed by atoms with Gasteiger partial charge in [0.1, 0.15) is 24.1 Å².